The van der Waals surface area contributed by atoms with Crippen molar-refractivity contribution in [1.82, 2.24) is 5.32 Å². The predicted octanol–water partition coefficient (Wildman–Crippen LogP) is 2.05. The molecule has 0 bridgehead atoms. The predicted molar refractivity (Wildman–Crippen MR) is 61.5 cm³/mol. The van der Waals surface area contributed by atoms with Crippen molar-refractivity contribution >= 4 is 0 Å². The monoisotopic (exact) mass is 263 g/mol. The van der Waals surface area contributed by atoms with Crippen LogP contribution < -0.4 is 10.1 Å². The SMILES string of the molecule is CNC(CCO)COc1ccccc1C(F)(F)F. The van der Waals surface area contributed by atoms with E-state index in [4.69, 9.17) is 9.84 Å². The first-order valence-electron chi connectivity index (χ1n) is 5.56. The second-order valence-electron chi connectivity index (χ2n) is 3.80. The van der Waals surface area contributed by atoms with Gasteiger partial charge in [0.1, 0.15) is 12.4 Å². The zero-order valence-electron chi connectivity index (χ0n) is 10.00. The molecule has 0 radical (unpaired) electrons. The Balaban J connectivity index is 2.73. The molecular weight excluding hydrogens is 247 g/mol. The minimum Gasteiger partial charge on any atom is -0.491 e. The van der Waals surface area contributed by atoms with Crippen molar-refractivity contribution in [3.8, 4) is 5.75 Å². The van der Waals surface area contributed by atoms with Crippen molar-refractivity contribution < 1.29 is 23.0 Å². The number of halogens is 3. The summed E-state index contributed by atoms with van der Waals surface area (Å²) in [6, 6.07) is 4.89. The Kier molecular flexibility index (Phi) is 5.43. The molecule has 2 N–H and O–H groups in total. The number of hydrogen-bond acceptors (Lipinski definition) is 3. The van der Waals surface area contributed by atoms with Crippen molar-refractivity contribution in [3.63, 3.8) is 0 Å². The van der Waals surface area contributed by atoms with Crippen LogP contribution in [0.15, 0.2) is 24.3 Å². The number of nitrogens with one attached hydrogen (secondary N) is 1. The van der Waals surface area contributed by atoms with Crippen LogP contribution in [0.5, 0.6) is 5.75 Å². The third-order valence-corrected chi connectivity index (χ3v) is 2.52. The fourth-order valence-electron chi connectivity index (χ4n) is 1.48. The molecule has 0 fully saturated rings. The van der Waals surface area contributed by atoms with Gasteiger partial charge >= 0.3 is 6.18 Å². The first kappa shape index (κ1) is 14.8. The van der Waals surface area contributed by atoms with Crippen LogP contribution in [-0.4, -0.2) is 31.4 Å². The van der Waals surface area contributed by atoms with E-state index in [9.17, 15) is 13.2 Å². The van der Waals surface area contributed by atoms with Crippen LogP contribution in [0.25, 0.3) is 0 Å². The van der Waals surface area contributed by atoms with Gasteiger partial charge in [-0.15, -0.1) is 0 Å². The molecule has 0 saturated heterocycles. The molecule has 0 aliphatic rings. The van der Waals surface area contributed by atoms with Crippen molar-refractivity contribution in [2.75, 3.05) is 20.3 Å². The molecule has 18 heavy (non-hydrogen) atoms. The number of hydrogen-bond donors (Lipinski definition) is 2. The standard InChI is InChI=1S/C12H16F3NO2/c1-16-9(6-7-17)8-18-11-5-3-2-4-10(11)12(13,14)15/h2-5,9,16-17H,6-8H2,1H3. The molecule has 6 heteroatoms. The van der Waals surface area contributed by atoms with Crippen molar-refractivity contribution in [1.29, 1.82) is 0 Å². The number of aliphatic hydroxyl groups is 1. The molecule has 3 nitrogen and oxygen atoms in total. The summed E-state index contributed by atoms with van der Waals surface area (Å²) in [5.74, 6) is -0.191. The Morgan fingerprint density at radius 3 is 2.56 bits per heavy atom. The summed E-state index contributed by atoms with van der Waals surface area (Å²) in [4.78, 5) is 0. The summed E-state index contributed by atoms with van der Waals surface area (Å²) >= 11 is 0. The van der Waals surface area contributed by atoms with Gasteiger partial charge in [-0.1, -0.05) is 12.1 Å². The molecule has 0 heterocycles. The van der Waals surface area contributed by atoms with Gasteiger partial charge in [-0.05, 0) is 25.6 Å². The molecule has 0 spiro atoms. The topological polar surface area (TPSA) is 41.5 Å². The molecule has 1 rings (SSSR count). The summed E-state index contributed by atoms with van der Waals surface area (Å²) in [6.07, 6.45) is -4.01. The molecule has 0 aliphatic heterocycles. The van der Waals surface area contributed by atoms with Crippen LogP contribution in [0.4, 0.5) is 13.2 Å². The second-order valence-corrected chi connectivity index (χ2v) is 3.80. The lowest BCUT2D eigenvalue weighted by molar-refractivity contribution is -0.139. The van der Waals surface area contributed by atoms with E-state index in [-0.39, 0.29) is 25.0 Å². The molecule has 1 unspecified atom stereocenters. The lowest BCUT2D eigenvalue weighted by Crippen LogP contribution is -2.32. The van der Waals surface area contributed by atoms with Crippen molar-refractivity contribution in [2.24, 2.45) is 0 Å². The minimum absolute atomic E-state index is 0.0458. The van der Waals surface area contributed by atoms with E-state index >= 15 is 0 Å². The number of aliphatic hydroxyl groups excluding tert-OH is 1. The molecule has 0 amide bonds. The number of rotatable bonds is 6. The average molecular weight is 263 g/mol. The zero-order chi connectivity index (χ0) is 13.6. The number of alkyl halides is 3. The maximum absolute atomic E-state index is 12.7. The molecule has 0 saturated carbocycles. The smallest absolute Gasteiger partial charge is 0.419 e. The maximum atomic E-state index is 12.7. The summed E-state index contributed by atoms with van der Waals surface area (Å²) in [5.41, 5.74) is -0.788. The van der Waals surface area contributed by atoms with E-state index < -0.39 is 11.7 Å². The number of benzene rings is 1. The summed E-state index contributed by atoms with van der Waals surface area (Å²) < 4.78 is 43.2. The third kappa shape index (κ3) is 4.19. The van der Waals surface area contributed by atoms with E-state index in [1.165, 1.54) is 18.2 Å². The summed E-state index contributed by atoms with van der Waals surface area (Å²) in [6.45, 7) is 0.0277. The van der Waals surface area contributed by atoms with Gasteiger partial charge in [0.25, 0.3) is 0 Å². The Labute approximate surface area is 104 Å². The molecule has 1 aromatic carbocycles. The van der Waals surface area contributed by atoms with Gasteiger partial charge in [0, 0.05) is 12.6 Å². The van der Waals surface area contributed by atoms with Crippen LogP contribution in [0, 0.1) is 0 Å². The van der Waals surface area contributed by atoms with Crippen LogP contribution in [-0.2, 0) is 6.18 Å². The van der Waals surface area contributed by atoms with Crippen molar-refractivity contribution in [3.05, 3.63) is 29.8 Å². The van der Waals surface area contributed by atoms with E-state index in [0.717, 1.165) is 6.07 Å². The van der Waals surface area contributed by atoms with Gasteiger partial charge in [-0.25, -0.2) is 0 Å². The fraction of sp³-hybridized carbons (Fsp3) is 0.500. The number of ether oxygens (including phenoxy) is 1. The Morgan fingerprint density at radius 2 is 2.00 bits per heavy atom. The van der Waals surface area contributed by atoms with Crippen molar-refractivity contribution in [2.45, 2.75) is 18.6 Å². The Bertz CT molecular complexity index is 369. The minimum atomic E-state index is -4.43. The third-order valence-electron chi connectivity index (χ3n) is 2.52. The average Bonchev–Trinajstić information content (AvgIpc) is 2.33. The van der Waals surface area contributed by atoms with Gasteiger partial charge in [0.2, 0.25) is 0 Å². The molecule has 1 aromatic rings. The van der Waals surface area contributed by atoms with Gasteiger partial charge in [0.05, 0.1) is 5.56 Å². The summed E-state index contributed by atoms with van der Waals surface area (Å²) in [7, 11) is 1.67. The maximum Gasteiger partial charge on any atom is 0.419 e. The van der Waals surface area contributed by atoms with E-state index in [2.05, 4.69) is 5.32 Å². The van der Waals surface area contributed by atoms with Crippen LogP contribution in [0.1, 0.15) is 12.0 Å². The van der Waals surface area contributed by atoms with Gasteiger partial charge in [-0.2, -0.15) is 13.2 Å². The zero-order valence-corrected chi connectivity index (χ0v) is 10.00. The Morgan fingerprint density at radius 1 is 1.33 bits per heavy atom. The van der Waals surface area contributed by atoms with Gasteiger partial charge in [-0.3, -0.25) is 0 Å². The highest BCUT2D eigenvalue weighted by molar-refractivity contribution is 5.35. The second kappa shape index (κ2) is 6.61. The molecule has 1 atom stereocenters. The first-order chi connectivity index (χ1) is 8.49. The molecule has 102 valence electrons. The summed E-state index contributed by atoms with van der Waals surface area (Å²) in [5, 5.41) is 11.6. The van der Waals surface area contributed by atoms with Gasteiger partial charge < -0.3 is 15.2 Å². The highest BCUT2D eigenvalue weighted by atomic mass is 19.4. The van der Waals surface area contributed by atoms with E-state index in [1.807, 2.05) is 0 Å². The number of likely N-dealkylation sites (N-methyl/N-ethyl adjacent to an activating group) is 1. The fourth-order valence-corrected chi connectivity index (χ4v) is 1.48. The first-order valence-corrected chi connectivity index (χ1v) is 5.56. The largest absolute Gasteiger partial charge is 0.491 e. The number of para-hydroxylation sites is 1. The lowest BCUT2D eigenvalue weighted by atomic mass is 10.2. The van der Waals surface area contributed by atoms with E-state index in [1.54, 1.807) is 7.05 Å². The normalized spacial score (nSPS) is 13.4. The van der Waals surface area contributed by atoms with Crippen LogP contribution in [0.2, 0.25) is 0 Å². The molecular formula is C12H16F3NO2. The van der Waals surface area contributed by atoms with E-state index in [0.29, 0.717) is 6.42 Å². The highest BCUT2D eigenvalue weighted by Gasteiger charge is 2.34. The van der Waals surface area contributed by atoms with Crippen LogP contribution >= 0.6 is 0 Å². The van der Waals surface area contributed by atoms with Gasteiger partial charge in [0.15, 0.2) is 0 Å². The molecule has 0 aliphatic carbocycles. The Hall–Kier alpha value is -1.27. The quantitative estimate of drug-likeness (QED) is 0.825. The highest BCUT2D eigenvalue weighted by Crippen LogP contribution is 2.35. The lowest BCUT2D eigenvalue weighted by Gasteiger charge is -2.18. The molecule has 0 aromatic heterocycles. The van der Waals surface area contributed by atoms with Crippen LogP contribution in [0.3, 0.4) is 0 Å².